The molecule has 0 heterocycles. The summed E-state index contributed by atoms with van der Waals surface area (Å²) >= 11 is 0. The van der Waals surface area contributed by atoms with Gasteiger partial charge in [-0.1, -0.05) is 12.1 Å². The molecule has 1 aromatic carbocycles. The van der Waals surface area contributed by atoms with Crippen molar-refractivity contribution in [2.75, 3.05) is 27.3 Å². The predicted molar refractivity (Wildman–Crippen MR) is 77.2 cm³/mol. The number of amides is 1. The lowest BCUT2D eigenvalue weighted by Gasteiger charge is -2.24. The van der Waals surface area contributed by atoms with Crippen LogP contribution in [0.15, 0.2) is 24.3 Å². The van der Waals surface area contributed by atoms with Crippen LogP contribution in [0, 0.1) is 0 Å². The first kappa shape index (κ1) is 17.0. The molecule has 6 nitrogen and oxygen atoms in total. The SMILES string of the molecule is COC(=O)CCN(CC(C)O)C(=O)c1ccccc1OC. The fourth-order valence-corrected chi connectivity index (χ4v) is 1.91. The van der Waals surface area contributed by atoms with E-state index in [9.17, 15) is 14.7 Å². The number of para-hydroxylation sites is 1. The van der Waals surface area contributed by atoms with E-state index < -0.39 is 12.1 Å². The third kappa shape index (κ3) is 5.07. The van der Waals surface area contributed by atoms with Crippen LogP contribution in [0.3, 0.4) is 0 Å². The summed E-state index contributed by atoms with van der Waals surface area (Å²) in [5, 5.41) is 9.53. The minimum Gasteiger partial charge on any atom is -0.496 e. The molecule has 0 aliphatic carbocycles. The van der Waals surface area contributed by atoms with Crippen LogP contribution >= 0.6 is 0 Å². The Morgan fingerprint density at radius 2 is 1.95 bits per heavy atom. The molecule has 0 saturated heterocycles. The van der Waals surface area contributed by atoms with Crippen LogP contribution in [-0.4, -0.2) is 55.3 Å². The Kier molecular flexibility index (Phi) is 6.68. The second kappa shape index (κ2) is 8.26. The van der Waals surface area contributed by atoms with E-state index in [1.54, 1.807) is 31.2 Å². The van der Waals surface area contributed by atoms with Gasteiger partial charge in [0, 0.05) is 13.1 Å². The average Bonchev–Trinajstić information content (AvgIpc) is 2.49. The van der Waals surface area contributed by atoms with Crippen LogP contribution in [0.4, 0.5) is 0 Å². The zero-order chi connectivity index (χ0) is 15.8. The van der Waals surface area contributed by atoms with Crippen LogP contribution in [0.5, 0.6) is 5.75 Å². The van der Waals surface area contributed by atoms with E-state index in [0.717, 1.165) is 0 Å². The first-order valence-corrected chi connectivity index (χ1v) is 6.66. The number of aliphatic hydroxyl groups excluding tert-OH is 1. The van der Waals surface area contributed by atoms with Gasteiger partial charge in [-0.15, -0.1) is 0 Å². The number of methoxy groups -OCH3 is 2. The summed E-state index contributed by atoms with van der Waals surface area (Å²) in [6, 6.07) is 6.84. The van der Waals surface area contributed by atoms with E-state index in [-0.39, 0.29) is 25.4 Å². The highest BCUT2D eigenvalue weighted by atomic mass is 16.5. The third-order valence-electron chi connectivity index (χ3n) is 2.92. The quantitative estimate of drug-likeness (QED) is 0.762. The molecule has 1 rings (SSSR count). The molecule has 0 fully saturated rings. The molecular weight excluding hydrogens is 274 g/mol. The lowest BCUT2D eigenvalue weighted by molar-refractivity contribution is -0.140. The van der Waals surface area contributed by atoms with E-state index in [2.05, 4.69) is 4.74 Å². The Morgan fingerprint density at radius 1 is 1.29 bits per heavy atom. The zero-order valence-electron chi connectivity index (χ0n) is 12.5. The number of carbonyl (C=O) groups is 2. The summed E-state index contributed by atoms with van der Waals surface area (Å²) in [5.41, 5.74) is 0.394. The number of esters is 1. The molecule has 0 aliphatic heterocycles. The van der Waals surface area contributed by atoms with Gasteiger partial charge in [-0.2, -0.15) is 0 Å². The summed E-state index contributed by atoms with van der Waals surface area (Å²) in [6.07, 6.45) is -0.620. The van der Waals surface area contributed by atoms with Crippen LogP contribution in [-0.2, 0) is 9.53 Å². The summed E-state index contributed by atoms with van der Waals surface area (Å²) in [4.78, 5) is 25.2. The molecule has 1 amide bonds. The molecule has 6 heteroatoms. The Bertz CT molecular complexity index is 487. The lowest BCUT2D eigenvalue weighted by Crippen LogP contribution is -2.38. The number of ether oxygens (including phenoxy) is 2. The number of hydrogen-bond donors (Lipinski definition) is 1. The Balaban J connectivity index is 2.90. The second-order valence-corrected chi connectivity index (χ2v) is 4.63. The van der Waals surface area contributed by atoms with Gasteiger partial charge >= 0.3 is 5.97 Å². The first-order valence-electron chi connectivity index (χ1n) is 6.66. The maximum Gasteiger partial charge on any atom is 0.307 e. The maximum atomic E-state index is 12.5. The van der Waals surface area contributed by atoms with Gasteiger partial charge in [0.1, 0.15) is 5.75 Å². The van der Waals surface area contributed by atoms with Gasteiger partial charge in [-0.25, -0.2) is 0 Å². The summed E-state index contributed by atoms with van der Waals surface area (Å²) < 4.78 is 9.74. The number of aliphatic hydroxyl groups is 1. The van der Waals surface area contributed by atoms with Crippen molar-refractivity contribution in [3.63, 3.8) is 0 Å². The normalized spacial score (nSPS) is 11.6. The fourth-order valence-electron chi connectivity index (χ4n) is 1.91. The van der Waals surface area contributed by atoms with Crippen molar-refractivity contribution in [2.24, 2.45) is 0 Å². The Morgan fingerprint density at radius 3 is 2.52 bits per heavy atom. The van der Waals surface area contributed by atoms with Crippen molar-refractivity contribution < 1.29 is 24.2 Å². The molecule has 1 aromatic rings. The minimum atomic E-state index is -0.693. The number of rotatable bonds is 7. The third-order valence-corrected chi connectivity index (χ3v) is 2.92. The van der Waals surface area contributed by atoms with Gasteiger partial charge in [0.2, 0.25) is 0 Å². The highest BCUT2D eigenvalue weighted by Gasteiger charge is 2.21. The summed E-state index contributed by atoms with van der Waals surface area (Å²) in [6.45, 7) is 1.89. The van der Waals surface area contributed by atoms with Crippen molar-refractivity contribution in [2.45, 2.75) is 19.4 Å². The zero-order valence-corrected chi connectivity index (χ0v) is 12.5. The van der Waals surface area contributed by atoms with Crippen molar-refractivity contribution in [1.82, 2.24) is 4.90 Å². The van der Waals surface area contributed by atoms with Gasteiger partial charge in [-0.3, -0.25) is 9.59 Å². The molecule has 0 saturated carbocycles. The minimum absolute atomic E-state index is 0.0735. The molecule has 1 unspecified atom stereocenters. The van der Waals surface area contributed by atoms with E-state index >= 15 is 0 Å². The molecule has 0 spiro atoms. The highest BCUT2D eigenvalue weighted by Crippen LogP contribution is 2.19. The molecule has 0 bridgehead atoms. The fraction of sp³-hybridized carbons (Fsp3) is 0.467. The number of nitrogens with zero attached hydrogens (tertiary/aromatic N) is 1. The Hall–Kier alpha value is -2.08. The van der Waals surface area contributed by atoms with Gasteiger partial charge in [0.15, 0.2) is 0 Å². The molecule has 0 aromatic heterocycles. The molecule has 1 N–H and O–H groups in total. The van der Waals surface area contributed by atoms with Crippen LogP contribution in [0.2, 0.25) is 0 Å². The van der Waals surface area contributed by atoms with Gasteiger partial charge in [-0.05, 0) is 19.1 Å². The molecule has 1 atom stereocenters. The predicted octanol–water partition coefficient (Wildman–Crippen LogP) is 1.08. The molecular formula is C15H21NO5. The second-order valence-electron chi connectivity index (χ2n) is 4.63. The van der Waals surface area contributed by atoms with Crippen molar-refractivity contribution in [1.29, 1.82) is 0 Å². The van der Waals surface area contributed by atoms with E-state index in [4.69, 9.17) is 4.74 Å². The van der Waals surface area contributed by atoms with Crippen molar-refractivity contribution in [3.8, 4) is 5.75 Å². The van der Waals surface area contributed by atoms with Crippen molar-refractivity contribution >= 4 is 11.9 Å². The van der Waals surface area contributed by atoms with E-state index in [1.165, 1.54) is 19.1 Å². The van der Waals surface area contributed by atoms with Crippen LogP contribution in [0.1, 0.15) is 23.7 Å². The van der Waals surface area contributed by atoms with Crippen LogP contribution < -0.4 is 4.74 Å². The van der Waals surface area contributed by atoms with E-state index in [0.29, 0.717) is 11.3 Å². The topological polar surface area (TPSA) is 76.1 Å². The van der Waals surface area contributed by atoms with Gasteiger partial charge < -0.3 is 19.5 Å². The smallest absolute Gasteiger partial charge is 0.307 e. The first-order chi connectivity index (χ1) is 9.99. The van der Waals surface area contributed by atoms with Gasteiger partial charge in [0.05, 0.1) is 32.3 Å². The van der Waals surface area contributed by atoms with E-state index in [1.807, 2.05) is 0 Å². The average molecular weight is 295 g/mol. The Labute approximate surface area is 124 Å². The number of carbonyl (C=O) groups excluding carboxylic acids is 2. The molecule has 21 heavy (non-hydrogen) atoms. The molecule has 116 valence electrons. The summed E-state index contributed by atoms with van der Waals surface area (Å²) in [7, 11) is 2.78. The molecule has 0 radical (unpaired) electrons. The summed E-state index contributed by atoms with van der Waals surface area (Å²) in [5.74, 6) is -0.244. The lowest BCUT2D eigenvalue weighted by atomic mass is 10.1. The molecule has 0 aliphatic rings. The monoisotopic (exact) mass is 295 g/mol. The standard InChI is InChI=1S/C15H21NO5/c1-11(17)10-16(9-8-14(18)21-3)15(19)12-6-4-5-7-13(12)20-2/h4-7,11,17H,8-10H2,1-3H3. The maximum absolute atomic E-state index is 12.5. The highest BCUT2D eigenvalue weighted by molar-refractivity contribution is 5.97. The van der Waals surface area contributed by atoms with Crippen LogP contribution in [0.25, 0.3) is 0 Å². The largest absolute Gasteiger partial charge is 0.496 e. The number of benzene rings is 1. The van der Waals surface area contributed by atoms with Gasteiger partial charge in [0.25, 0.3) is 5.91 Å². The number of hydrogen-bond acceptors (Lipinski definition) is 5. The van der Waals surface area contributed by atoms with Crippen molar-refractivity contribution in [3.05, 3.63) is 29.8 Å².